The molecule has 0 radical (unpaired) electrons. The summed E-state index contributed by atoms with van der Waals surface area (Å²) >= 11 is 0. The number of halogens is 3. The summed E-state index contributed by atoms with van der Waals surface area (Å²) in [5, 5.41) is 0. The Bertz CT molecular complexity index is 834. The lowest BCUT2D eigenvalue weighted by Crippen LogP contribution is -2.23. The van der Waals surface area contributed by atoms with Gasteiger partial charge in [-0.25, -0.2) is 13.2 Å². The summed E-state index contributed by atoms with van der Waals surface area (Å²) in [5.41, 5.74) is 2.09. The van der Waals surface area contributed by atoms with Crippen LogP contribution in [0.4, 0.5) is 13.2 Å². The zero-order valence-electron chi connectivity index (χ0n) is 14.7. The van der Waals surface area contributed by atoms with Crippen LogP contribution in [0.2, 0.25) is 0 Å². The van der Waals surface area contributed by atoms with Gasteiger partial charge in [-0.2, -0.15) is 0 Å². The summed E-state index contributed by atoms with van der Waals surface area (Å²) in [7, 11) is 0. The molecule has 2 aliphatic rings. The van der Waals surface area contributed by atoms with Gasteiger partial charge in [-0.1, -0.05) is 6.92 Å². The Morgan fingerprint density at radius 2 is 1.77 bits per heavy atom. The number of rotatable bonds is 3. The Morgan fingerprint density at radius 1 is 0.923 bits per heavy atom. The highest BCUT2D eigenvalue weighted by Gasteiger charge is 2.24. The predicted octanol–water partition coefficient (Wildman–Crippen LogP) is 4.86. The summed E-state index contributed by atoms with van der Waals surface area (Å²) in [6, 6.07) is 5.53. The molecule has 0 N–H and O–H groups in total. The van der Waals surface area contributed by atoms with E-state index in [1.165, 1.54) is 6.07 Å². The molecule has 2 heterocycles. The molecule has 5 heteroatoms. The van der Waals surface area contributed by atoms with E-state index in [0.717, 1.165) is 23.8 Å². The molecule has 2 nitrogen and oxygen atoms in total. The van der Waals surface area contributed by atoms with Crippen molar-refractivity contribution in [2.75, 3.05) is 13.2 Å². The first-order valence-electron chi connectivity index (χ1n) is 9.04. The second-order valence-electron chi connectivity index (χ2n) is 7.47. The van der Waals surface area contributed by atoms with Crippen LogP contribution in [0.1, 0.15) is 30.0 Å². The lowest BCUT2D eigenvalue weighted by atomic mass is 9.90. The molecular weight excluding hydrogens is 341 g/mol. The minimum atomic E-state index is -0.662. The summed E-state index contributed by atoms with van der Waals surface area (Å²) in [4.78, 5) is 0. The molecule has 0 amide bonds. The van der Waals surface area contributed by atoms with Crippen LogP contribution in [0.3, 0.4) is 0 Å². The van der Waals surface area contributed by atoms with Gasteiger partial charge in [-0.15, -0.1) is 0 Å². The number of hydrogen-bond donors (Lipinski definition) is 0. The van der Waals surface area contributed by atoms with Crippen molar-refractivity contribution in [3.63, 3.8) is 0 Å². The molecule has 2 unspecified atom stereocenters. The summed E-state index contributed by atoms with van der Waals surface area (Å²) in [6.07, 6.45) is 2.59. The second kappa shape index (κ2) is 6.86. The molecule has 2 aromatic carbocycles. The van der Waals surface area contributed by atoms with Gasteiger partial charge in [0.15, 0.2) is 11.6 Å². The van der Waals surface area contributed by atoms with E-state index < -0.39 is 11.6 Å². The highest BCUT2D eigenvalue weighted by Crippen LogP contribution is 2.34. The second-order valence-corrected chi connectivity index (χ2v) is 7.47. The number of benzene rings is 2. The maximum absolute atomic E-state index is 14.4. The number of ether oxygens (including phenoxy) is 2. The van der Waals surface area contributed by atoms with Gasteiger partial charge in [0.1, 0.15) is 17.4 Å². The fourth-order valence-electron chi connectivity index (χ4n) is 3.83. The molecule has 26 heavy (non-hydrogen) atoms. The Kier molecular flexibility index (Phi) is 4.55. The van der Waals surface area contributed by atoms with Crippen molar-refractivity contribution in [3.8, 4) is 11.5 Å². The van der Waals surface area contributed by atoms with Gasteiger partial charge in [-0.3, -0.25) is 0 Å². The van der Waals surface area contributed by atoms with Crippen LogP contribution in [0.15, 0.2) is 24.3 Å². The Balaban J connectivity index is 1.45. The maximum Gasteiger partial charge on any atom is 0.168 e. The topological polar surface area (TPSA) is 18.5 Å². The van der Waals surface area contributed by atoms with E-state index in [1.807, 2.05) is 0 Å². The molecule has 2 atom stereocenters. The standard InChI is InChI=1S/C21H21F3O2/c1-12-4-15-7-18(23)14(8-20(15)25-10-12)3-2-13-5-16-6-17(22)9-19(24)21(16)26-11-13/h6-9,12-13H,2-5,10-11H2,1H3. The smallest absolute Gasteiger partial charge is 0.168 e. The first kappa shape index (κ1) is 17.3. The first-order chi connectivity index (χ1) is 12.5. The van der Waals surface area contributed by atoms with Crippen LogP contribution in [0.25, 0.3) is 0 Å². The van der Waals surface area contributed by atoms with E-state index in [9.17, 15) is 13.2 Å². The fraction of sp³-hybridized carbons (Fsp3) is 0.429. The van der Waals surface area contributed by atoms with Crippen molar-refractivity contribution in [3.05, 3.63) is 58.4 Å². The lowest BCUT2D eigenvalue weighted by Gasteiger charge is -2.26. The molecule has 0 saturated heterocycles. The Labute approximate surface area is 150 Å². The molecule has 0 aliphatic carbocycles. The molecule has 0 aromatic heterocycles. The molecule has 0 saturated carbocycles. The van der Waals surface area contributed by atoms with Gasteiger partial charge in [0.2, 0.25) is 0 Å². The van der Waals surface area contributed by atoms with E-state index in [0.29, 0.717) is 49.5 Å². The monoisotopic (exact) mass is 362 g/mol. The van der Waals surface area contributed by atoms with Gasteiger partial charge in [0, 0.05) is 11.6 Å². The van der Waals surface area contributed by atoms with Crippen LogP contribution < -0.4 is 9.47 Å². The third kappa shape index (κ3) is 3.39. The van der Waals surface area contributed by atoms with Crippen molar-refractivity contribution < 1.29 is 22.6 Å². The third-order valence-corrected chi connectivity index (χ3v) is 5.20. The van der Waals surface area contributed by atoms with Gasteiger partial charge >= 0.3 is 0 Å². The average molecular weight is 362 g/mol. The first-order valence-corrected chi connectivity index (χ1v) is 9.04. The Morgan fingerprint density at radius 3 is 2.62 bits per heavy atom. The molecule has 2 aromatic rings. The van der Waals surface area contributed by atoms with Crippen molar-refractivity contribution in [1.82, 2.24) is 0 Å². The molecule has 138 valence electrons. The zero-order chi connectivity index (χ0) is 18.3. The minimum absolute atomic E-state index is 0.0973. The molecule has 0 fully saturated rings. The molecule has 0 bridgehead atoms. The van der Waals surface area contributed by atoms with Crippen molar-refractivity contribution in [2.24, 2.45) is 11.8 Å². The minimum Gasteiger partial charge on any atom is -0.493 e. The highest BCUT2D eigenvalue weighted by atomic mass is 19.1. The average Bonchev–Trinajstić information content (AvgIpc) is 2.59. The summed E-state index contributed by atoms with van der Waals surface area (Å²) in [6.45, 7) is 3.10. The molecule has 2 aliphatic heterocycles. The zero-order valence-corrected chi connectivity index (χ0v) is 14.7. The van der Waals surface area contributed by atoms with Crippen LogP contribution in [0.5, 0.6) is 11.5 Å². The van der Waals surface area contributed by atoms with Crippen LogP contribution >= 0.6 is 0 Å². The molecular formula is C21H21F3O2. The van der Waals surface area contributed by atoms with Crippen LogP contribution in [-0.4, -0.2) is 13.2 Å². The normalized spacial score (nSPS) is 21.4. The molecule has 0 spiro atoms. The number of hydrogen-bond acceptors (Lipinski definition) is 2. The SMILES string of the molecule is CC1COc2cc(CCC3COc4c(F)cc(F)cc4C3)c(F)cc2C1. The number of aryl methyl sites for hydroxylation is 1. The fourth-order valence-corrected chi connectivity index (χ4v) is 3.83. The van der Waals surface area contributed by atoms with Crippen molar-refractivity contribution in [2.45, 2.75) is 32.6 Å². The van der Waals surface area contributed by atoms with E-state index in [4.69, 9.17) is 9.47 Å². The molecule has 4 rings (SSSR count). The van der Waals surface area contributed by atoms with E-state index in [1.54, 1.807) is 12.1 Å². The van der Waals surface area contributed by atoms with E-state index >= 15 is 0 Å². The number of fused-ring (bicyclic) bond motifs is 2. The van der Waals surface area contributed by atoms with Gasteiger partial charge in [-0.05, 0) is 66.8 Å². The van der Waals surface area contributed by atoms with Crippen LogP contribution in [-0.2, 0) is 19.3 Å². The van der Waals surface area contributed by atoms with E-state index in [-0.39, 0.29) is 17.5 Å². The largest absolute Gasteiger partial charge is 0.493 e. The maximum atomic E-state index is 14.4. The predicted molar refractivity (Wildman–Crippen MR) is 92.1 cm³/mol. The van der Waals surface area contributed by atoms with E-state index in [2.05, 4.69) is 6.92 Å². The third-order valence-electron chi connectivity index (χ3n) is 5.20. The summed E-state index contributed by atoms with van der Waals surface area (Å²) < 4.78 is 52.8. The van der Waals surface area contributed by atoms with Gasteiger partial charge in [0.05, 0.1) is 13.2 Å². The van der Waals surface area contributed by atoms with Gasteiger partial charge in [0.25, 0.3) is 0 Å². The van der Waals surface area contributed by atoms with Crippen LogP contribution in [0, 0.1) is 29.3 Å². The highest BCUT2D eigenvalue weighted by molar-refractivity contribution is 5.40. The van der Waals surface area contributed by atoms with Gasteiger partial charge < -0.3 is 9.47 Å². The summed E-state index contributed by atoms with van der Waals surface area (Å²) in [5.74, 6) is -0.0640. The Hall–Kier alpha value is -2.17. The quantitative estimate of drug-likeness (QED) is 0.776. The lowest BCUT2D eigenvalue weighted by molar-refractivity contribution is 0.204. The van der Waals surface area contributed by atoms with Crippen molar-refractivity contribution in [1.29, 1.82) is 0 Å². The van der Waals surface area contributed by atoms with Crippen molar-refractivity contribution >= 4 is 0 Å².